The van der Waals surface area contributed by atoms with Crippen molar-refractivity contribution in [2.75, 3.05) is 16.8 Å². The number of thioether (sulfide) groups is 1. The first-order valence-electron chi connectivity index (χ1n) is 22.2. The number of para-hydroxylation sites is 2. The monoisotopic (exact) mass is 886 g/mol. The molecule has 8 rings (SSSR count). The van der Waals surface area contributed by atoms with Crippen LogP contribution in [0.2, 0.25) is 0 Å². The zero-order valence-electron chi connectivity index (χ0n) is 36.2. The van der Waals surface area contributed by atoms with E-state index in [1.165, 1.54) is 11.8 Å². The third kappa shape index (κ3) is 12.2. The van der Waals surface area contributed by atoms with Crippen molar-refractivity contribution in [2.24, 2.45) is 0 Å². The average Bonchev–Trinajstić information content (AvgIpc) is 3.79. The average molecular weight is 887 g/mol. The summed E-state index contributed by atoms with van der Waals surface area (Å²) >= 11 is 1.53. The van der Waals surface area contributed by atoms with Gasteiger partial charge in [-0.1, -0.05) is 170 Å². The number of carbonyl (C=O) groups excluding carboxylic acids is 2. The first-order chi connectivity index (χ1) is 31.9. The topological polar surface area (TPSA) is 149 Å². The number of nitrogens with two attached hydrogens (primary N) is 1. The van der Waals surface area contributed by atoms with Crippen LogP contribution in [0.5, 0.6) is 0 Å². The first kappa shape index (κ1) is 45.1. The number of nitrogens with zero attached hydrogens (tertiary/aromatic N) is 1. The van der Waals surface area contributed by atoms with Crippen molar-refractivity contribution in [3.8, 4) is 33.7 Å². The molecule has 2 heterocycles. The summed E-state index contributed by atoms with van der Waals surface area (Å²) in [5.41, 5.74) is 15.7. The highest BCUT2D eigenvalue weighted by atomic mass is 32.2. The van der Waals surface area contributed by atoms with E-state index in [4.69, 9.17) is 24.6 Å². The molecule has 1 saturated heterocycles. The molecule has 3 atom stereocenters. The van der Waals surface area contributed by atoms with Gasteiger partial charge in [-0.25, -0.2) is 4.98 Å². The summed E-state index contributed by atoms with van der Waals surface area (Å²) in [5, 5.41) is 16.2. The van der Waals surface area contributed by atoms with E-state index < -0.39 is 6.29 Å². The molecule has 0 bridgehead atoms. The van der Waals surface area contributed by atoms with Crippen molar-refractivity contribution in [3.63, 3.8) is 0 Å². The molecule has 0 spiro atoms. The van der Waals surface area contributed by atoms with Gasteiger partial charge in [0.05, 0.1) is 30.2 Å². The number of oxazole rings is 1. The second-order valence-corrected chi connectivity index (χ2v) is 17.1. The first-order valence-corrected chi connectivity index (χ1v) is 23.2. The van der Waals surface area contributed by atoms with Gasteiger partial charge >= 0.3 is 0 Å². The van der Waals surface area contributed by atoms with E-state index in [0.29, 0.717) is 48.2 Å². The lowest BCUT2D eigenvalue weighted by molar-refractivity contribution is -0.245. The minimum Gasteiger partial charge on any atom is -0.431 e. The molecule has 0 aliphatic carbocycles. The van der Waals surface area contributed by atoms with Crippen LogP contribution in [0.1, 0.15) is 79.6 Å². The van der Waals surface area contributed by atoms with Crippen LogP contribution in [0.25, 0.3) is 33.7 Å². The lowest BCUT2D eigenvalue weighted by Crippen LogP contribution is -2.31. The van der Waals surface area contributed by atoms with Crippen LogP contribution in [-0.2, 0) is 32.2 Å². The Morgan fingerprint density at radius 3 is 2.05 bits per heavy atom. The molecule has 0 saturated carbocycles. The molecular weight excluding hydrogens is 833 g/mol. The van der Waals surface area contributed by atoms with Crippen molar-refractivity contribution in [2.45, 2.75) is 81.8 Å². The number of carbonyl (C=O) groups is 2. The molecule has 5 N–H and O–H groups in total. The fourth-order valence-corrected chi connectivity index (χ4v) is 8.77. The van der Waals surface area contributed by atoms with Gasteiger partial charge in [0, 0.05) is 48.3 Å². The highest BCUT2D eigenvalue weighted by molar-refractivity contribution is 7.99. The number of benzene rings is 6. The zero-order valence-corrected chi connectivity index (χ0v) is 37.1. The van der Waals surface area contributed by atoms with Gasteiger partial charge in [-0.15, -0.1) is 0 Å². The Hall–Kier alpha value is -6.50. The van der Waals surface area contributed by atoms with Crippen molar-refractivity contribution in [3.05, 3.63) is 180 Å². The van der Waals surface area contributed by atoms with Crippen LogP contribution >= 0.6 is 11.8 Å². The fourth-order valence-electron chi connectivity index (χ4n) is 7.93. The molecule has 6 aromatic carbocycles. The number of rotatable bonds is 19. The molecule has 11 heteroatoms. The lowest BCUT2D eigenvalue weighted by atomic mass is 9.97. The predicted molar refractivity (Wildman–Crippen MR) is 257 cm³/mol. The smallest absolute Gasteiger partial charge is 0.256 e. The van der Waals surface area contributed by atoms with Crippen molar-refractivity contribution in [1.29, 1.82) is 0 Å². The number of hydrogen-bond acceptors (Lipinski definition) is 9. The second-order valence-electron chi connectivity index (χ2n) is 16.2. The molecule has 1 aromatic heterocycles. The van der Waals surface area contributed by atoms with Crippen molar-refractivity contribution < 1.29 is 28.6 Å². The van der Waals surface area contributed by atoms with Gasteiger partial charge in [0.25, 0.3) is 5.22 Å². The van der Waals surface area contributed by atoms with Crippen LogP contribution < -0.4 is 16.4 Å². The van der Waals surface area contributed by atoms with E-state index >= 15 is 0 Å². The summed E-state index contributed by atoms with van der Waals surface area (Å²) in [6, 6.07) is 51.6. The summed E-state index contributed by atoms with van der Waals surface area (Å²) in [5.74, 6) is 1.27. The summed E-state index contributed by atoms with van der Waals surface area (Å²) in [7, 11) is 0. The van der Waals surface area contributed by atoms with E-state index in [-0.39, 0.29) is 30.6 Å². The molecule has 2 amide bonds. The number of aromatic nitrogens is 1. The van der Waals surface area contributed by atoms with Gasteiger partial charge < -0.3 is 35.4 Å². The normalized spacial score (nSPS) is 15.9. The summed E-state index contributed by atoms with van der Waals surface area (Å²) in [4.78, 5) is 30.2. The highest BCUT2D eigenvalue weighted by Crippen LogP contribution is 2.41. The summed E-state index contributed by atoms with van der Waals surface area (Å²) in [6.07, 6.45) is 3.65. The van der Waals surface area contributed by atoms with Crippen LogP contribution in [0.3, 0.4) is 0 Å². The molecule has 0 unspecified atom stereocenters. The number of aliphatic hydroxyl groups is 1. The van der Waals surface area contributed by atoms with Gasteiger partial charge in [0.1, 0.15) is 5.69 Å². The van der Waals surface area contributed by atoms with Gasteiger partial charge in [-0.05, 0) is 52.8 Å². The number of aliphatic hydroxyl groups excluding tert-OH is 1. The predicted octanol–water partition coefficient (Wildman–Crippen LogP) is 11.7. The Morgan fingerprint density at radius 2 is 1.32 bits per heavy atom. The van der Waals surface area contributed by atoms with E-state index in [2.05, 4.69) is 28.8 Å². The Bertz CT molecular complexity index is 2560. The minimum atomic E-state index is -0.629. The number of anilines is 2. The van der Waals surface area contributed by atoms with E-state index in [1.807, 2.05) is 127 Å². The minimum absolute atomic E-state index is 0.00316. The van der Waals surface area contributed by atoms with Crippen LogP contribution in [-0.4, -0.2) is 33.8 Å². The van der Waals surface area contributed by atoms with E-state index in [9.17, 15) is 14.7 Å². The Balaban J connectivity index is 0.883. The maximum absolute atomic E-state index is 12.9. The molecule has 1 fully saturated rings. The van der Waals surface area contributed by atoms with E-state index in [1.54, 1.807) is 12.1 Å². The standard InChI is InChI=1S/C54H54N4O6S/c55-46-21-13-14-22-47(46)57-50(61)24-10-2-1-9-23-49(60)56-34-43-19-11-12-20-45(43)38-29-31-42(32-30-38)53-62-44(33-48(63-53)39-27-25-37(35-59)26-28-39)36-65-54-58-51(40-15-5-3-6-16-40)52(64-54)41-17-7-4-8-18-41/h3-8,11-22,25-32,44,48,53,59H,1-2,9-10,23-24,33-36,55H2,(H,56,60)(H,57,61)/t44-,48+,53+/m1/s1. The maximum Gasteiger partial charge on any atom is 0.256 e. The molecule has 332 valence electrons. The Kier molecular flexibility index (Phi) is 15.5. The van der Waals surface area contributed by atoms with Gasteiger partial charge in [-0.3, -0.25) is 9.59 Å². The summed E-state index contributed by atoms with van der Waals surface area (Å²) < 4.78 is 19.8. The molecular formula is C54H54N4O6S. The zero-order chi connectivity index (χ0) is 44.8. The quantitative estimate of drug-likeness (QED) is 0.0354. The second kappa shape index (κ2) is 22.4. The number of nitrogens with one attached hydrogen (secondary N) is 2. The van der Waals surface area contributed by atoms with Crippen molar-refractivity contribution in [1.82, 2.24) is 10.3 Å². The summed E-state index contributed by atoms with van der Waals surface area (Å²) in [6.45, 7) is 0.385. The molecule has 7 aromatic rings. The molecule has 10 nitrogen and oxygen atoms in total. The number of nitrogen functional groups attached to an aromatic ring is 1. The van der Waals surface area contributed by atoms with Crippen LogP contribution in [0, 0.1) is 0 Å². The largest absolute Gasteiger partial charge is 0.431 e. The third-order valence-corrected chi connectivity index (χ3v) is 12.4. The molecule has 0 radical (unpaired) electrons. The Morgan fingerprint density at radius 1 is 0.677 bits per heavy atom. The Labute approximate surface area is 384 Å². The lowest BCUT2D eigenvalue weighted by Gasteiger charge is -2.36. The van der Waals surface area contributed by atoms with Gasteiger partial charge in [0.2, 0.25) is 11.8 Å². The molecule has 1 aliphatic rings. The van der Waals surface area contributed by atoms with Gasteiger partial charge in [-0.2, -0.15) is 0 Å². The number of unbranched alkanes of at least 4 members (excludes halogenated alkanes) is 3. The fraction of sp³-hybridized carbons (Fsp3) is 0.241. The third-order valence-electron chi connectivity index (χ3n) is 11.5. The van der Waals surface area contributed by atoms with Crippen LogP contribution in [0.15, 0.2) is 167 Å². The van der Waals surface area contributed by atoms with Crippen molar-refractivity contribution >= 4 is 35.0 Å². The molecule has 65 heavy (non-hydrogen) atoms. The van der Waals surface area contributed by atoms with Gasteiger partial charge in [0.15, 0.2) is 12.1 Å². The van der Waals surface area contributed by atoms with E-state index in [0.717, 1.165) is 81.6 Å². The van der Waals surface area contributed by atoms with Crippen LogP contribution in [0.4, 0.5) is 11.4 Å². The maximum atomic E-state index is 12.9. The molecule has 1 aliphatic heterocycles. The number of amides is 2. The number of hydrogen-bond donors (Lipinski definition) is 4. The number of ether oxygens (including phenoxy) is 2. The SMILES string of the molecule is Nc1ccccc1NC(=O)CCCCCCC(=O)NCc1ccccc1-c1ccc([C@H]2O[C@@H](CSc3nc(-c4ccccc4)c(-c4ccccc4)o3)C[C@@H](c3ccc(CO)cc3)O2)cc1. The highest BCUT2D eigenvalue weighted by Gasteiger charge is 2.33.